The number of rotatable bonds is 3. The maximum absolute atomic E-state index is 5.78. The SMILES string of the molecule is CCc1cccc(OC2CC(N)C2)c1. The van der Waals surface area contributed by atoms with Crippen molar-refractivity contribution in [2.24, 2.45) is 5.73 Å². The molecule has 0 saturated heterocycles. The van der Waals surface area contributed by atoms with Crippen LogP contribution in [0.2, 0.25) is 0 Å². The summed E-state index contributed by atoms with van der Waals surface area (Å²) in [4.78, 5) is 0. The number of ether oxygens (including phenoxy) is 1. The molecule has 0 heterocycles. The van der Waals surface area contributed by atoms with E-state index in [9.17, 15) is 0 Å². The van der Waals surface area contributed by atoms with Crippen molar-refractivity contribution >= 4 is 0 Å². The minimum absolute atomic E-state index is 0.345. The highest BCUT2D eigenvalue weighted by Gasteiger charge is 2.27. The summed E-state index contributed by atoms with van der Waals surface area (Å²) in [6.45, 7) is 2.15. The van der Waals surface area contributed by atoms with E-state index >= 15 is 0 Å². The maximum Gasteiger partial charge on any atom is 0.119 e. The van der Waals surface area contributed by atoms with Gasteiger partial charge in [-0.25, -0.2) is 0 Å². The molecule has 0 aliphatic heterocycles. The number of benzene rings is 1. The Balaban J connectivity index is 1.95. The third-order valence-electron chi connectivity index (χ3n) is 2.74. The molecule has 0 amide bonds. The van der Waals surface area contributed by atoms with E-state index < -0.39 is 0 Å². The lowest BCUT2D eigenvalue weighted by Gasteiger charge is -2.32. The first-order valence-electron chi connectivity index (χ1n) is 5.29. The van der Waals surface area contributed by atoms with E-state index in [1.807, 2.05) is 12.1 Å². The first-order valence-corrected chi connectivity index (χ1v) is 5.29. The highest BCUT2D eigenvalue weighted by molar-refractivity contribution is 5.28. The first-order chi connectivity index (χ1) is 6.78. The van der Waals surface area contributed by atoms with E-state index in [-0.39, 0.29) is 0 Å². The number of hydrogen-bond donors (Lipinski definition) is 1. The van der Waals surface area contributed by atoms with Crippen LogP contribution in [0.5, 0.6) is 5.75 Å². The standard InChI is InChI=1S/C12H17NO/c1-2-9-4-3-5-11(6-9)14-12-7-10(13)8-12/h3-6,10,12H,2,7-8,13H2,1H3. The molecule has 1 aromatic carbocycles. The first kappa shape index (κ1) is 9.53. The molecule has 0 atom stereocenters. The highest BCUT2D eigenvalue weighted by atomic mass is 16.5. The van der Waals surface area contributed by atoms with Crippen molar-refractivity contribution in [1.29, 1.82) is 0 Å². The minimum Gasteiger partial charge on any atom is -0.490 e. The van der Waals surface area contributed by atoms with Crippen LogP contribution in [0.25, 0.3) is 0 Å². The molecule has 0 radical (unpaired) electrons. The van der Waals surface area contributed by atoms with Crippen LogP contribution in [0.3, 0.4) is 0 Å². The topological polar surface area (TPSA) is 35.2 Å². The fourth-order valence-corrected chi connectivity index (χ4v) is 1.73. The second kappa shape index (κ2) is 4.01. The quantitative estimate of drug-likeness (QED) is 0.794. The van der Waals surface area contributed by atoms with Gasteiger partial charge in [0.2, 0.25) is 0 Å². The molecule has 1 aliphatic rings. The van der Waals surface area contributed by atoms with Gasteiger partial charge in [-0.15, -0.1) is 0 Å². The van der Waals surface area contributed by atoms with Crippen molar-refractivity contribution in [3.63, 3.8) is 0 Å². The van der Waals surface area contributed by atoms with Gasteiger partial charge in [0, 0.05) is 6.04 Å². The fraction of sp³-hybridized carbons (Fsp3) is 0.500. The summed E-state index contributed by atoms with van der Waals surface area (Å²) in [5, 5.41) is 0. The van der Waals surface area contributed by atoms with Crippen LogP contribution >= 0.6 is 0 Å². The predicted octanol–water partition coefficient (Wildman–Crippen LogP) is 2.12. The van der Waals surface area contributed by atoms with Gasteiger partial charge in [0.15, 0.2) is 0 Å². The largest absolute Gasteiger partial charge is 0.490 e. The summed E-state index contributed by atoms with van der Waals surface area (Å²) in [6, 6.07) is 8.66. The molecular formula is C12H17NO. The Hall–Kier alpha value is -1.02. The molecule has 1 saturated carbocycles. The van der Waals surface area contributed by atoms with Gasteiger partial charge in [-0.05, 0) is 37.0 Å². The van der Waals surface area contributed by atoms with Crippen molar-refractivity contribution < 1.29 is 4.74 Å². The molecule has 1 aliphatic carbocycles. The van der Waals surface area contributed by atoms with Crippen LogP contribution in [0.1, 0.15) is 25.3 Å². The molecule has 2 nitrogen and oxygen atoms in total. The van der Waals surface area contributed by atoms with Crippen molar-refractivity contribution in [3.8, 4) is 5.75 Å². The van der Waals surface area contributed by atoms with Crippen LogP contribution in [-0.4, -0.2) is 12.1 Å². The highest BCUT2D eigenvalue weighted by Crippen LogP contribution is 2.25. The molecule has 2 heteroatoms. The van der Waals surface area contributed by atoms with Crippen LogP contribution in [-0.2, 0) is 6.42 Å². The van der Waals surface area contributed by atoms with Crippen LogP contribution < -0.4 is 10.5 Å². The fourth-order valence-electron chi connectivity index (χ4n) is 1.73. The minimum atomic E-state index is 0.345. The van der Waals surface area contributed by atoms with Crippen molar-refractivity contribution in [1.82, 2.24) is 0 Å². The Morgan fingerprint density at radius 2 is 2.21 bits per heavy atom. The lowest BCUT2D eigenvalue weighted by molar-refractivity contribution is 0.101. The van der Waals surface area contributed by atoms with E-state index in [1.54, 1.807) is 0 Å². The van der Waals surface area contributed by atoms with Crippen LogP contribution in [0.4, 0.5) is 0 Å². The number of nitrogens with two attached hydrogens (primary N) is 1. The Morgan fingerprint density at radius 1 is 1.43 bits per heavy atom. The molecule has 0 aromatic heterocycles. The van der Waals surface area contributed by atoms with Crippen molar-refractivity contribution in [3.05, 3.63) is 29.8 Å². The van der Waals surface area contributed by atoms with E-state index in [1.165, 1.54) is 5.56 Å². The van der Waals surface area contributed by atoms with Gasteiger partial charge in [-0.2, -0.15) is 0 Å². The molecule has 0 bridgehead atoms. The Kier molecular flexibility index (Phi) is 2.73. The summed E-state index contributed by atoms with van der Waals surface area (Å²) in [7, 11) is 0. The smallest absolute Gasteiger partial charge is 0.119 e. The van der Waals surface area contributed by atoms with Crippen molar-refractivity contribution in [2.45, 2.75) is 38.3 Å². The summed E-state index contributed by atoms with van der Waals surface area (Å²) in [5.74, 6) is 0.987. The van der Waals surface area contributed by atoms with Crippen molar-refractivity contribution in [2.75, 3.05) is 0 Å². The normalized spacial score (nSPS) is 25.6. The summed E-state index contributed by atoms with van der Waals surface area (Å²) in [6.07, 6.45) is 3.39. The monoisotopic (exact) mass is 191 g/mol. The maximum atomic E-state index is 5.78. The van der Waals surface area contributed by atoms with Gasteiger partial charge in [-0.3, -0.25) is 0 Å². The molecule has 1 aromatic rings. The molecule has 1 fully saturated rings. The average Bonchev–Trinajstić information content (AvgIpc) is 2.16. The van der Waals surface area contributed by atoms with Crippen LogP contribution in [0.15, 0.2) is 24.3 Å². The molecule has 76 valence electrons. The Morgan fingerprint density at radius 3 is 2.86 bits per heavy atom. The zero-order chi connectivity index (χ0) is 9.97. The Labute approximate surface area is 85.1 Å². The number of aryl methyl sites for hydroxylation is 1. The summed E-state index contributed by atoms with van der Waals surface area (Å²) in [5.41, 5.74) is 7.02. The van der Waals surface area contributed by atoms with E-state index in [2.05, 4.69) is 19.1 Å². The van der Waals surface area contributed by atoms with Gasteiger partial charge < -0.3 is 10.5 Å². The third kappa shape index (κ3) is 2.07. The van der Waals surface area contributed by atoms with Crippen LogP contribution in [0, 0.1) is 0 Å². The lowest BCUT2D eigenvalue weighted by atomic mass is 9.90. The zero-order valence-electron chi connectivity index (χ0n) is 8.57. The molecule has 14 heavy (non-hydrogen) atoms. The molecule has 0 spiro atoms. The summed E-state index contributed by atoms with van der Waals surface area (Å²) < 4.78 is 5.78. The van der Waals surface area contributed by atoms with E-state index in [0.29, 0.717) is 12.1 Å². The molecule has 2 rings (SSSR count). The lowest BCUT2D eigenvalue weighted by Crippen LogP contribution is -2.43. The van der Waals surface area contributed by atoms with E-state index in [0.717, 1.165) is 25.0 Å². The average molecular weight is 191 g/mol. The Bertz CT molecular complexity index is 305. The van der Waals surface area contributed by atoms with Gasteiger partial charge in [-0.1, -0.05) is 19.1 Å². The molecular weight excluding hydrogens is 174 g/mol. The van der Waals surface area contributed by atoms with E-state index in [4.69, 9.17) is 10.5 Å². The zero-order valence-corrected chi connectivity index (χ0v) is 8.57. The third-order valence-corrected chi connectivity index (χ3v) is 2.74. The summed E-state index contributed by atoms with van der Waals surface area (Å²) >= 11 is 0. The molecule has 2 N–H and O–H groups in total. The molecule has 0 unspecified atom stereocenters. The number of hydrogen-bond acceptors (Lipinski definition) is 2. The predicted molar refractivity (Wildman–Crippen MR) is 57.4 cm³/mol. The second-order valence-electron chi connectivity index (χ2n) is 3.97. The van der Waals surface area contributed by atoms with Gasteiger partial charge >= 0.3 is 0 Å². The van der Waals surface area contributed by atoms with Gasteiger partial charge in [0.1, 0.15) is 11.9 Å². The second-order valence-corrected chi connectivity index (χ2v) is 3.97. The van der Waals surface area contributed by atoms with Gasteiger partial charge in [0.05, 0.1) is 0 Å². The van der Waals surface area contributed by atoms with Gasteiger partial charge in [0.25, 0.3) is 0 Å².